The van der Waals surface area contributed by atoms with Gasteiger partial charge in [0.2, 0.25) is 5.91 Å². The van der Waals surface area contributed by atoms with Crippen LogP contribution in [0.2, 0.25) is 0 Å². The van der Waals surface area contributed by atoms with Crippen LogP contribution in [0.15, 0.2) is 48.8 Å². The van der Waals surface area contributed by atoms with Gasteiger partial charge in [0.15, 0.2) is 5.82 Å². The van der Waals surface area contributed by atoms with Crippen LogP contribution < -0.4 is 20.9 Å². The molecule has 3 aliphatic carbocycles. The number of carbonyl (C=O) groups excluding carboxylic acids is 2. The van der Waals surface area contributed by atoms with Crippen molar-refractivity contribution in [1.82, 2.24) is 30.1 Å². The van der Waals surface area contributed by atoms with Crippen LogP contribution in [0.3, 0.4) is 0 Å². The van der Waals surface area contributed by atoms with Crippen LogP contribution in [0.4, 0.5) is 26.0 Å². The van der Waals surface area contributed by atoms with Gasteiger partial charge in [-0.3, -0.25) is 14.5 Å². The van der Waals surface area contributed by atoms with Crippen molar-refractivity contribution in [2.75, 3.05) is 43.4 Å². The molecule has 2 aromatic carbocycles. The monoisotopic (exact) mass is 720 g/mol. The first-order valence-electron chi connectivity index (χ1n) is 19.4. The Labute approximate surface area is 307 Å². The van der Waals surface area contributed by atoms with Crippen molar-refractivity contribution < 1.29 is 18.4 Å². The summed E-state index contributed by atoms with van der Waals surface area (Å²) >= 11 is 0. The lowest BCUT2D eigenvalue weighted by molar-refractivity contribution is -0.125. The number of aryl methyl sites for hydroxylation is 1. The number of benzene rings is 2. The Morgan fingerprint density at radius 3 is 2.53 bits per heavy atom. The summed E-state index contributed by atoms with van der Waals surface area (Å²) in [4.78, 5) is 41.7. The number of aromatic nitrogens is 3. The maximum absolute atomic E-state index is 14.6. The highest BCUT2D eigenvalue weighted by atomic mass is 19.3. The Hall–Kier alpha value is -4.42. The largest absolute Gasteiger partial charge is 0.355 e. The summed E-state index contributed by atoms with van der Waals surface area (Å²) < 4.78 is 30.9. The van der Waals surface area contributed by atoms with Crippen molar-refractivity contribution in [3.8, 4) is 11.3 Å². The third kappa shape index (κ3) is 5.15. The number of hydrogen-bond donors (Lipinski definition) is 3. The number of nitrogens with one attached hydrogen (secondary N) is 3. The molecule has 2 saturated heterocycles. The molecule has 3 N–H and O–H groups in total. The minimum absolute atomic E-state index is 0.0178. The number of likely N-dealkylation sites (tertiary alicyclic amines) is 1. The van der Waals surface area contributed by atoms with Crippen molar-refractivity contribution >= 4 is 40.0 Å². The van der Waals surface area contributed by atoms with Crippen molar-refractivity contribution in [3.63, 3.8) is 0 Å². The zero-order chi connectivity index (χ0) is 36.3. The van der Waals surface area contributed by atoms with E-state index in [2.05, 4.69) is 48.5 Å². The van der Waals surface area contributed by atoms with Crippen LogP contribution in [0, 0.1) is 12.3 Å². The maximum atomic E-state index is 14.6. The van der Waals surface area contributed by atoms with Crippen LogP contribution in [-0.4, -0.2) is 82.5 Å². The summed E-state index contributed by atoms with van der Waals surface area (Å²) in [7, 11) is 1.63. The lowest BCUT2D eigenvalue weighted by Crippen LogP contribution is -2.59. The molecule has 12 heteroatoms. The molecule has 4 aromatic rings. The Morgan fingerprint density at radius 1 is 1.00 bits per heavy atom. The number of rotatable bonds is 7. The Morgan fingerprint density at radius 2 is 1.79 bits per heavy atom. The van der Waals surface area contributed by atoms with E-state index in [1.54, 1.807) is 7.05 Å². The van der Waals surface area contributed by atoms with E-state index in [9.17, 15) is 18.4 Å². The fourth-order valence-electron chi connectivity index (χ4n) is 9.96. The summed E-state index contributed by atoms with van der Waals surface area (Å²) in [5.41, 5.74) is 6.29. The van der Waals surface area contributed by atoms with Crippen molar-refractivity contribution in [3.05, 3.63) is 65.5 Å². The average Bonchev–Trinajstić information content (AvgIpc) is 4.00. The number of halogens is 2. The predicted molar refractivity (Wildman–Crippen MR) is 200 cm³/mol. The molecule has 0 bridgehead atoms. The van der Waals surface area contributed by atoms with Gasteiger partial charge in [0, 0.05) is 60.6 Å². The molecular formula is C41H46F2N8O2. The minimum atomic E-state index is -2.53. The first-order chi connectivity index (χ1) is 25.6. The Kier molecular flexibility index (Phi) is 7.38. The lowest BCUT2D eigenvalue weighted by Gasteiger charge is -2.49. The fraction of sp³-hybridized carbons (Fsp3) is 0.512. The molecular weight excluding hydrogens is 675 g/mol. The number of amides is 2. The van der Waals surface area contributed by atoms with E-state index < -0.39 is 16.8 Å². The third-order valence-electron chi connectivity index (χ3n) is 13.4. The molecule has 1 atom stereocenters. The number of carbonyl (C=O) groups is 2. The predicted octanol–water partition coefficient (Wildman–Crippen LogP) is 6.46. The summed E-state index contributed by atoms with van der Waals surface area (Å²) in [5.74, 6) is -1.84. The molecule has 5 heterocycles. The van der Waals surface area contributed by atoms with Crippen molar-refractivity contribution in [2.24, 2.45) is 5.41 Å². The second-order valence-electron chi connectivity index (χ2n) is 16.6. The van der Waals surface area contributed by atoms with Crippen LogP contribution in [0.5, 0.6) is 0 Å². The normalized spacial score (nSPS) is 27.2. The molecule has 2 aromatic heterocycles. The number of alkyl halides is 2. The van der Waals surface area contributed by atoms with Gasteiger partial charge in [-0.15, -0.1) is 0 Å². The van der Waals surface area contributed by atoms with E-state index in [1.807, 2.05) is 37.5 Å². The van der Waals surface area contributed by atoms with E-state index >= 15 is 0 Å². The van der Waals surface area contributed by atoms with Gasteiger partial charge in [-0.25, -0.2) is 18.7 Å². The summed E-state index contributed by atoms with van der Waals surface area (Å²) in [6, 6.07) is 14.8. The summed E-state index contributed by atoms with van der Waals surface area (Å²) in [6.07, 6.45) is 8.64. The number of hydrogen-bond acceptors (Lipinski definition) is 7. The molecule has 2 spiro atoms. The lowest BCUT2D eigenvalue weighted by atomic mass is 9.74. The highest BCUT2D eigenvalue weighted by molar-refractivity contribution is 6.09. The van der Waals surface area contributed by atoms with E-state index in [4.69, 9.17) is 9.97 Å². The number of imidazole rings is 1. The molecule has 0 radical (unpaired) electrons. The molecule has 6 aliphatic rings. The van der Waals surface area contributed by atoms with E-state index in [1.165, 1.54) is 0 Å². The molecule has 10 nitrogen and oxygen atoms in total. The minimum Gasteiger partial charge on any atom is -0.355 e. The zero-order valence-corrected chi connectivity index (χ0v) is 30.4. The second-order valence-corrected chi connectivity index (χ2v) is 16.6. The van der Waals surface area contributed by atoms with Gasteiger partial charge in [-0.1, -0.05) is 18.2 Å². The molecule has 276 valence electrons. The number of nitrogens with zero attached hydrogens (tertiary/aromatic N) is 5. The summed E-state index contributed by atoms with van der Waals surface area (Å²) in [6.45, 7) is 4.82. The highest BCUT2D eigenvalue weighted by Crippen LogP contribution is 2.65. The quantitative estimate of drug-likeness (QED) is 0.201. The summed E-state index contributed by atoms with van der Waals surface area (Å²) in [5, 5.41) is 9.73. The van der Waals surface area contributed by atoms with Crippen LogP contribution in [0.25, 0.3) is 22.3 Å². The molecule has 3 aliphatic heterocycles. The van der Waals surface area contributed by atoms with Gasteiger partial charge >= 0.3 is 0 Å². The smallest absolute Gasteiger partial charge is 0.255 e. The molecule has 10 rings (SSSR count). The van der Waals surface area contributed by atoms with Gasteiger partial charge in [-0.05, 0) is 113 Å². The second kappa shape index (κ2) is 11.8. The number of fused-ring (bicyclic) bond motifs is 3. The Balaban J connectivity index is 1.00. The van der Waals surface area contributed by atoms with Crippen molar-refractivity contribution in [2.45, 2.75) is 94.2 Å². The van der Waals surface area contributed by atoms with Gasteiger partial charge in [0.05, 0.1) is 28.4 Å². The van der Waals surface area contributed by atoms with Crippen LogP contribution in [0.1, 0.15) is 85.3 Å². The zero-order valence-electron chi connectivity index (χ0n) is 30.4. The fourth-order valence-corrected chi connectivity index (χ4v) is 9.96. The first kappa shape index (κ1) is 33.2. The first-order valence-corrected chi connectivity index (χ1v) is 19.4. The highest BCUT2D eigenvalue weighted by Gasteiger charge is 2.71. The molecule has 1 unspecified atom stereocenters. The van der Waals surface area contributed by atoms with Gasteiger partial charge < -0.3 is 25.4 Å². The van der Waals surface area contributed by atoms with Gasteiger partial charge in [0.25, 0.3) is 11.8 Å². The third-order valence-corrected chi connectivity index (χ3v) is 13.4. The molecule has 3 saturated carbocycles. The maximum Gasteiger partial charge on any atom is 0.255 e. The van der Waals surface area contributed by atoms with Crippen LogP contribution >= 0.6 is 0 Å². The standard InChI is InChI=1S/C41H46F2N8O2/c1-24-4-6-26(17-30(24)37(52)44-2)47-36-35-33(46-23-50(35)27-7-8-27)20-32(48-36)25-5-9-31-34(16-25)51(38(53)40(31)11-13-45-14-12-40)29-18-28(19-29)49-15-3-10-39(22-49)21-41(39,42)43/h4-6,9,16-17,20,23,27-29,45H,3,7-8,10-15,18-19,21-22H2,1-2H3,(H,44,52)(H,47,48)/t28-,29+,39?. The average molecular weight is 721 g/mol. The topological polar surface area (TPSA) is 107 Å². The molecule has 2 amide bonds. The number of anilines is 3. The van der Waals surface area contributed by atoms with Gasteiger partial charge in [-0.2, -0.15) is 0 Å². The van der Waals surface area contributed by atoms with E-state index in [0.29, 0.717) is 30.4 Å². The number of piperidine rings is 2. The van der Waals surface area contributed by atoms with Crippen molar-refractivity contribution in [1.29, 1.82) is 0 Å². The van der Waals surface area contributed by atoms with E-state index in [-0.39, 0.29) is 30.3 Å². The molecule has 53 heavy (non-hydrogen) atoms. The Bertz CT molecular complexity index is 2170. The van der Waals surface area contributed by atoms with Crippen LogP contribution in [-0.2, 0) is 10.2 Å². The van der Waals surface area contributed by atoms with Gasteiger partial charge in [0.1, 0.15) is 5.52 Å². The SMILES string of the molecule is CNC(=O)c1cc(Nc2nc(-c3ccc4c(c3)N([C@H]3C[C@@H](N5CCCC6(C5)CC6(F)F)C3)C(=O)C43CCNCC3)cc3ncn(C4CC4)c23)ccc1C. The van der Waals surface area contributed by atoms with E-state index in [0.717, 1.165) is 109 Å². The number of pyridine rings is 1. The molecule has 5 fully saturated rings.